The summed E-state index contributed by atoms with van der Waals surface area (Å²) < 4.78 is 1.44. The summed E-state index contributed by atoms with van der Waals surface area (Å²) in [5, 5.41) is 16.8. The molecule has 3 rings (SSSR count). The monoisotopic (exact) mass is 218 g/mol. The molecule has 0 atom stereocenters. The predicted molar refractivity (Wildman–Crippen MR) is 54.3 cm³/mol. The predicted octanol–water partition coefficient (Wildman–Crippen LogP) is 1.09. The normalized spacial score (nSPS) is 16.2. The quantitative estimate of drug-likeness (QED) is 0.816. The molecule has 0 bridgehead atoms. The number of hydrogen-bond donors (Lipinski definition) is 1. The van der Waals surface area contributed by atoms with Crippen LogP contribution in [0.2, 0.25) is 0 Å². The van der Waals surface area contributed by atoms with Gasteiger partial charge in [-0.15, -0.1) is 5.10 Å². The minimum Gasteiger partial charge on any atom is -0.478 e. The van der Waals surface area contributed by atoms with Crippen molar-refractivity contribution < 1.29 is 9.90 Å². The zero-order chi connectivity index (χ0) is 11.1. The van der Waals surface area contributed by atoms with Crippen molar-refractivity contribution in [1.82, 2.24) is 19.8 Å². The minimum atomic E-state index is -1.00. The van der Waals surface area contributed by atoms with E-state index in [1.807, 2.05) is 0 Å². The third kappa shape index (κ3) is 1.26. The molecule has 0 aromatic carbocycles. The lowest BCUT2D eigenvalue weighted by molar-refractivity contribution is 0.0695. The first-order chi connectivity index (χ1) is 7.75. The van der Waals surface area contributed by atoms with Crippen LogP contribution in [0.5, 0.6) is 0 Å². The molecule has 0 saturated heterocycles. The van der Waals surface area contributed by atoms with Crippen LogP contribution in [0.25, 0.3) is 5.65 Å². The second-order valence-corrected chi connectivity index (χ2v) is 4.02. The Hall–Kier alpha value is -1.98. The summed E-state index contributed by atoms with van der Waals surface area (Å²) in [6.07, 6.45) is 6.26. The number of carbonyl (C=O) groups is 1. The molecule has 1 fully saturated rings. The van der Waals surface area contributed by atoms with Crippen molar-refractivity contribution in [2.75, 3.05) is 0 Å². The number of nitrogens with zero attached hydrogens (tertiary/aromatic N) is 4. The molecule has 0 aliphatic heterocycles. The molecule has 0 amide bonds. The highest BCUT2D eigenvalue weighted by Gasteiger charge is 2.25. The van der Waals surface area contributed by atoms with Crippen LogP contribution in [0.1, 0.15) is 41.2 Å². The molecule has 2 aromatic rings. The van der Waals surface area contributed by atoms with Crippen LogP contribution in [0.3, 0.4) is 0 Å². The first-order valence-electron chi connectivity index (χ1n) is 5.20. The van der Waals surface area contributed by atoms with E-state index in [1.165, 1.54) is 23.3 Å². The molecule has 6 nitrogen and oxygen atoms in total. The third-order valence-corrected chi connectivity index (χ3v) is 3.02. The van der Waals surface area contributed by atoms with Crippen LogP contribution in [0.4, 0.5) is 0 Å². The van der Waals surface area contributed by atoms with Gasteiger partial charge >= 0.3 is 5.97 Å². The Bertz CT molecular complexity index is 559. The molecular formula is C10H10N4O2. The largest absolute Gasteiger partial charge is 0.478 e. The molecule has 2 heterocycles. The number of aromatic carboxylic acids is 1. The van der Waals surface area contributed by atoms with E-state index in [2.05, 4.69) is 15.3 Å². The molecule has 0 unspecified atom stereocenters. The van der Waals surface area contributed by atoms with Crippen molar-refractivity contribution in [3.8, 4) is 0 Å². The van der Waals surface area contributed by atoms with Gasteiger partial charge in [-0.2, -0.15) is 0 Å². The molecule has 6 heteroatoms. The molecule has 0 radical (unpaired) electrons. The van der Waals surface area contributed by atoms with E-state index in [4.69, 9.17) is 5.11 Å². The third-order valence-electron chi connectivity index (χ3n) is 3.02. The lowest BCUT2D eigenvalue weighted by atomic mass is 9.83. The second-order valence-electron chi connectivity index (χ2n) is 4.02. The van der Waals surface area contributed by atoms with Gasteiger partial charge in [-0.05, 0) is 12.8 Å². The SMILES string of the molecule is O=C(O)c1cnc2c(C3CCC3)nnn2c1. The van der Waals surface area contributed by atoms with Gasteiger partial charge < -0.3 is 5.11 Å². The number of carboxylic acids is 1. The Labute approximate surface area is 90.9 Å². The average molecular weight is 218 g/mol. The Balaban J connectivity index is 2.10. The fourth-order valence-electron chi connectivity index (χ4n) is 1.87. The smallest absolute Gasteiger partial charge is 0.338 e. The molecule has 82 valence electrons. The summed E-state index contributed by atoms with van der Waals surface area (Å²) in [6.45, 7) is 0. The summed E-state index contributed by atoms with van der Waals surface area (Å²) in [5.41, 5.74) is 1.69. The standard InChI is InChI=1S/C10H10N4O2/c15-10(16)7-4-11-9-8(6-2-1-3-6)12-13-14(9)5-7/h4-6H,1-3H2,(H,15,16). The molecule has 1 aliphatic rings. The highest BCUT2D eigenvalue weighted by atomic mass is 16.4. The summed E-state index contributed by atoms with van der Waals surface area (Å²) in [6, 6.07) is 0. The van der Waals surface area contributed by atoms with Gasteiger partial charge in [0.25, 0.3) is 0 Å². The number of carboxylic acid groups (broad SMARTS) is 1. The summed E-state index contributed by atoms with van der Waals surface area (Å²) in [7, 11) is 0. The van der Waals surface area contributed by atoms with Gasteiger partial charge in [0.05, 0.1) is 5.56 Å². The maximum atomic E-state index is 10.8. The molecule has 16 heavy (non-hydrogen) atoms. The summed E-state index contributed by atoms with van der Waals surface area (Å²) >= 11 is 0. The van der Waals surface area contributed by atoms with Gasteiger partial charge in [0.2, 0.25) is 0 Å². The highest BCUT2D eigenvalue weighted by Crippen LogP contribution is 2.36. The Morgan fingerprint density at radius 3 is 2.94 bits per heavy atom. The Morgan fingerprint density at radius 2 is 2.31 bits per heavy atom. The number of hydrogen-bond acceptors (Lipinski definition) is 4. The van der Waals surface area contributed by atoms with Gasteiger partial charge in [-0.1, -0.05) is 11.6 Å². The summed E-state index contributed by atoms with van der Waals surface area (Å²) in [5.74, 6) is -0.559. The van der Waals surface area contributed by atoms with Crippen LogP contribution in [0.15, 0.2) is 12.4 Å². The number of aromatic nitrogens is 4. The number of fused-ring (bicyclic) bond motifs is 1. The van der Waals surface area contributed by atoms with E-state index in [0.29, 0.717) is 11.6 Å². The topological polar surface area (TPSA) is 80.4 Å². The van der Waals surface area contributed by atoms with E-state index in [0.717, 1.165) is 18.5 Å². The zero-order valence-electron chi connectivity index (χ0n) is 8.50. The van der Waals surface area contributed by atoms with Gasteiger partial charge in [0.1, 0.15) is 5.69 Å². The fraction of sp³-hybridized carbons (Fsp3) is 0.400. The maximum Gasteiger partial charge on any atom is 0.338 e. The van der Waals surface area contributed by atoms with Crippen LogP contribution in [0, 0.1) is 0 Å². The van der Waals surface area contributed by atoms with Crippen molar-refractivity contribution >= 4 is 11.6 Å². The van der Waals surface area contributed by atoms with E-state index in [9.17, 15) is 4.79 Å². The molecule has 1 N–H and O–H groups in total. The molecule has 1 aliphatic carbocycles. The van der Waals surface area contributed by atoms with Crippen LogP contribution >= 0.6 is 0 Å². The van der Waals surface area contributed by atoms with Gasteiger partial charge in [0.15, 0.2) is 5.65 Å². The van der Waals surface area contributed by atoms with Crippen LogP contribution in [-0.2, 0) is 0 Å². The van der Waals surface area contributed by atoms with Gasteiger partial charge in [-0.3, -0.25) is 0 Å². The average Bonchev–Trinajstić information content (AvgIpc) is 2.59. The van der Waals surface area contributed by atoms with E-state index >= 15 is 0 Å². The van der Waals surface area contributed by atoms with Crippen LogP contribution < -0.4 is 0 Å². The van der Waals surface area contributed by atoms with Crippen molar-refractivity contribution in [2.45, 2.75) is 25.2 Å². The van der Waals surface area contributed by atoms with Crippen LogP contribution in [-0.4, -0.2) is 30.9 Å². The van der Waals surface area contributed by atoms with Gasteiger partial charge in [-0.25, -0.2) is 14.3 Å². The Morgan fingerprint density at radius 1 is 1.50 bits per heavy atom. The van der Waals surface area contributed by atoms with Crippen molar-refractivity contribution in [2.24, 2.45) is 0 Å². The first kappa shape index (κ1) is 9.26. The van der Waals surface area contributed by atoms with Crippen molar-refractivity contribution in [1.29, 1.82) is 0 Å². The summed E-state index contributed by atoms with van der Waals surface area (Å²) in [4.78, 5) is 14.9. The lowest BCUT2D eigenvalue weighted by Gasteiger charge is -2.22. The second kappa shape index (κ2) is 3.26. The lowest BCUT2D eigenvalue weighted by Crippen LogP contribution is -2.10. The Kier molecular flexibility index (Phi) is 1.89. The molecule has 1 saturated carbocycles. The maximum absolute atomic E-state index is 10.8. The zero-order valence-corrected chi connectivity index (χ0v) is 8.50. The van der Waals surface area contributed by atoms with E-state index < -0.39 is 5.97 Å². The van der Waals surface area contributed by atoms with Crippen molar-refractivity contribution in [3.63, 3.8) is 0 Å². The van der Waals surface area contributed by atoms with E-state index in [-0.39, 0.29) is 5.56 Å². The fourth-order valence-corrected chi connectivity index (χ4v) is 1.87. The van der Waals surface area contributed by atoms with E-state index in [1.54, 1.807) is 0 Å². The first-order valence-corrected chi connectivity index (χ1v) is 5.20. The molecular weight excluding hydrogens is 208 g/mol. The molecule has 2 aromatic heterocycles. The van der Waals surface area contributed by atoms with Gasteiger partial charge in [0, 0.05) is 18.3 Å². The molecule has 0 spiro atoms. The van der Waals surface area contributed by atoms with Crippen molar-refractivity contribution in [3.05, 3.63) is 23.7 Å². The highest BCUT2D eigenvalue weighted by molar-refractivity contribution is 5.87. The minimum absolute atomic E-state index is 0.123. The number of rotatable bonds is 2.